The van der Waals surface area contributed by atoms with Crippen molar-refractivity contribution in [2.24, 2.45) is 11.1 Å². The summed E-state index contributed by atoms with van der Waals surface area (Å²) in [6.07, 6.45) is 0. The van der Waals surface area contributed by atoms with Gasteiger partial charge in [0.1, 0.15) is 0 Å². The summed E-state index contributed by atoms with van der Waals surface area (Å²) in [7, 11) is 0. The molecule has 0 fully saturated rings. The first kappa shape index (κ1) is 23.0. The van der Waals surface area contributed by atoms with Crippen molar-refractivity contribution in [1.29, 1.82) is 0 Å². The smallest absolute Gasteiger partial charge is 0.265 e. The first-order chi connectivity index (χ1) is 14.8. The minimum atomic E-state index is -0.262. The van der Waals surface area contributed by atoms with E-state index >= 15 is 0 Å². The molecule has 7 heteroatoms. The van der Waals surface area contributed by atoms with Crippen LogP contribution in [0.25, 0.3) is 0 Å². The van der Waals surface area contributed by atoms with Gasteiger partial charge >= 0.3 is 0 Å². The zero-order valence-corrected chi connectivity index (χ0v) is 19.2. The number of halogens is 1. The van der Waals surface area contributed by atoms with Gasteiger partial charge in [-0.05, 0) is 59.3 Å². The average molecular weight is 456 g/mol. The maximum absolute atomic E-state index is 13.2. The molecule has 0 radical (unpaired) electrons. The quantitative estimate of drug-likeness (QED) is 0.485. The lowest BCUT2D eigenvalue weighted by molar-refractivity contribution is 0.0673. The number of hydrogen-bond acceptors (Lipinski definition) is 4. The fraction of sp³-hybridized carbons (Fsp3) is 0.250. The van der Waals surface area contributed by atoms with E-state index in [0.29, 0.717) is 40.8 Å². The lowest BCUT2D eigenvalue weighted by atomic mass is 9.92. The highest BCUT2D eigenvalue weighted by atomic mass is 35.5. The van der Waals surface area contributed by atoms with E-state index in [1.54, 1.807) is 35.2 Å². The molecule has 3 rings (SSSR count). The summed E-state index contributed by atoms with van der Waals surface area (Å²) in [5, 5.41) is 5.28. The molecule has 1 heterocycles. The fourth-order valence-electron chi connectivity index (χ4n) is 3.12. The van der Waals surface area contributed by atoms with Gasteiger partial charge in [0.05, 0.1) is 4.88 Å². The average Bonchev–Trinajstić information content (AvgIpc) is 3.31. The van der Waals surface area contributed by atoms with E-state index in [0.717, 1.165) is 5.56 Å². The SMILES string of the molecule is CC(C)(CN)CN(Cc1cc(NC(=O)c2cccs2)ccc1Cl)C(=O)c1ccccc1. The van der Waals surface area contributed by atoms with Gasteiger partial charge in [0.25, 0.3) is 11.8 Å². The summed E-state index contributed by atoms with van der Waals surface area (Å²) in [6.45, 7) is 5.27. The third-order valence-corrected chi connectivity index (χ3v) is 6.13. The molecule has 31 heavy (non-hydrogen) atoms. The van der Waals surface area contributed by atoms with Gasteiger partial charge in [0, 0.05) is 29.4 Å². The summed E-state index contributed by atoms with van der Waals surface area (Å²) in [5.74, 6) is -0.268. The van der Waals surface area contributed by atoms with Crippen molar-refractivity contribution in [2.45, 2.75) is 20.4 Å². The Hall–Kier alpha value is -2.67. The van der Waals surface area contributed by atoms with Crippen LogP contribution in [0.3, 0.4) is 0 Å². The number of thiophene rings is 1. The molecule has 0 unspecified atom stereocenters. The summed E-state index contributed by atoms with van der Waals surface area (Å²) < 4.78 is 0. The molecule has 3 aromatic rings. The maximum Gasteiger partial charge on any atom is 0.265 e. The highest BCUT2D eigenvalue weighted by Gasteiger charge is 2.25. The van der Waals surface area contributed by atoms with Crippen LogP contribution in [0.2, 0.25) is 5.02 Å². The van der Waals surface area contributed by atoms with Crippen LogP contribution in [-0.2, 0) is 6.54 Å². The summed E-state index contributed by atoms with van der Waals surface area (Å²) in [6, 6.07) is 18.1. The molecule has 1 aromatic heterocycles. The van der Waals surface area contributed by atoms with Crippen LogP contribution >= 0.6 is 22.9 Å². The molecule has 0 atom stereocenters. The van der Waals surface area contributed by atoms with Gasteiger partial charge in [0.2, 0.25) is 0 Å². The molecule has 2 aromatic carbocycles. The van der Waals surface area contributed by atoms with Crippen molar-refractivity contribution in [1.82, 2.24) is 4.90 Å². The van der Waals surface area contributed by atoms with Crippen molar-refractivity contribution in [3.8, 4) is 0 Å². The number of carbonyl (C=O) groups excluding carboxylic acids is 2. The highest BCUT2D eigenvalue weighted by molar-refractivity contribution is 7.12. The van der Waals surface area contributed by atoms with Crippen molar-refractivity contribution in [3.63, 3.8) is 0 Å². The Morgan fingerprint density at radius 1 is 1.10 bits per heavy atom. The van der Waals surface area contributed by atoms with Crippen LogP contribution in [0, 0.1) is 5.41 Å². The van der Waals surface area contributed by atoms with E-state index in [1.165, 1.54) is 11.3 Å². The second-order valence-corrected chi connectivity index (χ2v) is 9.49. The standard InChI is InChI=1S/C24H26ClN3O2S/c1-24(2,15-26)16-28(23(30)17-7-4-3-5-8-17)14-18-13-19(10-11-20(18)25)27-22(29)21-9-6-12-31-21/h3-13H,14-16,26H2,1-2H3,(H,27,29). The molecule has 2 amide bonds. The Balaban J connectivity index is 1.85. The van der Waals surface area contributed by atoms with Gasteiger partial charge in [-0.25, -0.2) is 0 Å². The second kappa shape index (κ2) is 10.1. The lowest BCUT2D eigenvalue weighted by Crippen LogP contribution is -2.41. The van der Waals surface area contributed by atoms with Crippen LogP contribution in [0.1, 0.15) is 39.4 Å². The largest absolute Gasteiger partial charge is 0.334 e. The molecule has 5 nitrogen and oxygen atoms in total. The van der Waals surface area contributed by atoms with Gasteiger partial charge in [-0.1, -0.05) is 49.7 Å². The number of rotatable bonds is 8. The van der Waals surface area contributed by atoms with Crippen molar-refractivity contribution in [2.75, 3.05) is 18.4 Å². The fourth-order valence-corrected chi connectivity index (χ4v) is 3.92. The Labute approximate surface area is 191 Å². The number of hydrogen-bond donors (Lipinski definition) is 2. The normalized spacial score (nSPS) is 11.2. The number of carbonyl (C=O) groups is 2. The lowest BCUT2D eigenvalue weighted by Gasteiger charge is -2.32. The number of anilines is 1. The second-order valence-electron chi connectivity index (χ2n) is 8.13. The molecule has 0 saturated carbocycles. The van der Waals surface area contributed by atoms with Crippen LogP contribution < -0.4 is 11.1 Å². The Morgan fingerprint density at radius 3 is 2.48 bits per heavy atom. The Bertz CT molecular complexity index is 1040. The molecule has 0 spiro atoms. The minimum Gasteiger partial charge on any atom is -0.334 e. The molecule has 0 aliphatic heterocycles. The summed E-state index contributed by atoms with van der Waals surface area (Å²) in [5.41, 5.74) is 7.66. The van der Waals surface area contributed by atoms with E-state index in [9.17, 15) is 9.59 Å². The van der Waals surface area contributed by atoms with Crippen LogP contribution in [-0.4, -0.2) is 29.8 Å². The van der Waals surface area contributed by atoms with Crippen LogP contribution in [0.4, 0.5) is 5.69 Å². The first-order valence-electron chi connectivity index (χ1n) is 9.97. The van der Waals surface area contributed by atoms with Crippen molar-refractivity contribution in [3.05, 3.63) is 87.1 Å². The van der Waals surface area contributed by atoms with E-state index in [4.69, 9.17) is 17.3 Å². The zero-order valence-electron chi connectivity index (χ0n) is 17.6. The predicted molar refractivity (Wildman–Crippen MR) is 128 cm³/mol. The molecule has 3 N–H and O–H groups in total. The Morgan fingerprint density at radius 2 is 1.84 bits per heavy atom. The number of nitrogens with zero attached hydrogens (tertiary/aromatic N) is 1. The zero-order chi connectivity index (χ0) is 22.4. The van der Waals surface area contributed by atoms with Crippen molar-refractivity contribution < 1.29 is 9.59 Å². The summed E-state index contributed by atoms with van der Waals surface area (Å²) >= 11 is 7.83. The van der Waals surface area contributed by atoms with Gasteiger partial charge in [-0.3, -0.25) is 9.59 Å². The first-order valence-corrected chi connectivity index (χ1v) is 11.2. The monoisotopic (exact) mass is 455 g/mol. The number of nitrogens with two attached hydrogens (primary N) is 1. The third-order valence-electron chi connectivity index (χ3n) is 4.89. The van der Waals surface area contributed by atoms with E-state index in [1.807, 2.05) is 49.6 Å². The maximum atomic E-state index is 13.2. The molecular formula is C24H26ClN3O2S. The Kier molecular flexibility index (Phi) is 7.49. The minimum absolute atomic E-state index is 0.0915. The number of benzene rings is 2. The molecule has 0 saturated heterocycles. The molecule has 0 aliphatic carbocycles. The molecule has 162 valence electrons. The van der Waals surface area contributed by atoms with E-state index in [-0.39, 0.29) is 17.2 Å². The van der Waals surface area contributed by atoms with Gasteiger partial charge in [-0.2, -0.15) is 0 Å². The molecule has 0 bridgehead atoms. The predicted octanol–water partition coefficient (Wildman–Crippen LogP) is 5.28. The van der Waals surface area contributed by atoms with E-state index in [2.05, 4.69) is 5.32 Å². The van der Waals surface area contributed by atoms with E-state index < -0.39 is 0 Å². The molecule has 0 aliphatic rings. The van der Waals surface area contributed by atoms with Crippen LogP contribution in [0.5, 0.6) is 0 Å². The summed E-state index contributed by atoms with van der Waals surface area (Å²) in [4.78, 5) is 28.0. The van der Waals surface area contributed by atoms with Gasteiger partial charge < -0.3 is 16.0 Å². The third kappa shape index (κ3) is 6.17. The van der Waals surface area contributed by atoms with Crippen molar-refractivity contribution >= 4 is 40.4 Å². The van der Waals surface area contributed by atoms with Crippen LogP contribution in [0.15, 0.2) is 66.0 Å². The topological polar surface area (TPSA) is 75.4 Å². The van der Waals surface area contributed by atoms with Gasteiger partial charge in [-0.15, -0.1) is 11.3 Å². The number of nitrogens with one attached hydrogen (secondary N) is 1. The highest BCUT2D eigenvalue weighted by Crippen LogP contribution is 2.26. The molecular weight excluding hydrogens is 430 g/mol. The van der Waals surface area contributed by atoms with Gasteiger partial charge in [0.15, 0.2) is 0 Å². The number of amides is 2.